The van der Waals surface area contributed by atoms with Crippen LogP contribution >= 0.6 is 0 Å². The highest BCUT2D eigenvalue weighted by atomic mass is 16.7. The summed E-state index contributed by atoms with van der Waals surface area (Å²) in [6.45, 7) is 0.668. The molecule has 156 valence electrons. The van der Waals surface area contributed by atoms with Gasteiger partial charge in [-0.3, -0.25) is 16.6 Å². The quantitative estimate of drug-likeness (QED) is 0.431. The topological polar surface area (TPSA) is 110 Å². The zero-order valence-corrected chi connectivity index (χ0v) is 16.7. The van der Waals surface area contributed by atoms with Crippen molar-refractivity contribution in [3.63, 3.8) is 0 Å². The van der Waals surface area contributed by atoms with Gasteiger partial charge in [0.2, 0.25) is 6.79 Å². The summed E-state index contributed by atoms with van der Waals surface area (Å²) < 4.78 is 12.7. The minimum atomic E-state index is -0.864. The number of hydrogen-bond acceptors (Lipinski definition) is 7. The van der Waals surface area contributed by atoms with Gasteiger partial charge in [0.25, 0.3) is 5.84 Å². The molecule has 31 heavy (non-hydrogen) atoms. The predicted molar refractivity (Wildman–Crippen MR) is 114 cm³/mol. The number of nitrogens with two attached hydrogens (primary N) is 2. The number of anilines is 1. The summed E-state index contributed by atoms with van der Waals surface area (Å²) in [5, 5.41) is 11.9. The van der Waals surface area contributed by atoms with Crippen molar-refractivity contribution in [2.24, 2.45) is 11.6 Å². The molecule has 1 spiro atoms. The van der Waals surface area contributed by atoms with Gasteiger partial charge in [0.15, 0.2) is 17.2 Å². The normalized spacial score (nSPS) is 23.3. The van der Waals surface area contributed by atoms with Crippen molar-refractivity contribution in [2.75, 3.05) is 11.7 Å². The number of aromatic nitrogens is 1. The minimum Gasteiger partial charge on any atom is -0.454 e. The number of aliphatic hydroxyl groups is 1. The van der Waals surface area contributed by atoms with E-state index in [4.69, 9.17) is 21.1 Å². The molecule has 4 heterocycles. The van der Waals surface area contributed by atoms with Crippen molar-refractivity contribution in [3.8, 4) is 11.5 Å². The molecule has 0 aliphatic carbocycles. The van der Waals surface area contributed by atoms with Crippen LogP contribution in [0.2, 0.25) is 0 Å². The maximum atomic E-state index is 11.9. The van der Waals surface area contributed by atoms with E-state index in [9.17, 15) is 5.11 Å². The summed E-state index contributed by atoms with van der Waals surface area (Å²) in [5.74, 6) is 8.06. The van der Waals surface area contributed by atoms with Crippen LogP contribution in [0.3, 0.4) is 0 Å². The summed E-state index contributed by atoms with van der Waals surface area (Å²) in [6.07, 6.45) is 3.06. The first-order valence-electron chi connectivity index (χ1n) is 10.1. The number of nitrogens with zero attached hydrogens (tertiary/aromatic N) is 3. The van der Waals surface area contributed by atoms with Crippen LogP contribution < -0.4 is 25.9 Å². The molecule has 8 heteroatoms. The second kappa shape index (κ2) is 6.36. The summed E-state index contributed by atoms with van der Waals surface area (Å²) in [5.41, 5.74) is 10.2. The van der Waals surface area contributed by atoms with Gasteiger partial charge in [-0.1, -0.05) is 24.3 Å². The molecular formula is C23H22N5O3+. The van der Waals surface area contributed by atoms with E-state index in [0.717, 1.165) is 22.4 Å². The van der Waals surface area contributed by atoms with E-state index in [0.29, 0.717) is 36.0 Å². The van der Waals surface area contributed by atoms with Gasteiger partial charge < -0.3 is 19.5 Å². The number of fused-ring (bicyclic) bond motifs is 5. The van der Waals surface area contributed by atoms with Gasteiger partial charge in [-0.25, -0.2) is 0 Å². The first-order valence-corrected chi connectivity index (χ1v) is 10.1. The highest BCUT2D eigenvalue weighted by Crippen LogP contribution is 2.56. The average Bonchev–Trinajstić information content (AvgIpc) is 3.35. The minimum absolute atomic E-state index is 0.154. The number of hydrogen-bond donors (Lipinski definition) is 3. The monoisotopic (exact) mass is 416 g/mol. The summed E-state index contributed by atoms with van der Waals surface area (Å²) >= 11 is 0. The van der Waals surface area contributed by atoms with Gasteiger partial charge in [0.05, 0.1) is 11.8 Å². The lowest BCUT2D eigenvalue weighted by Crippen LogP contribution is -2.52. The molecule has 3 aliphatic rings. The molecule has 8 nitrogen and oxygen atoms in total. The number of hydrazine groups is 1. The molecule has 0 bridgehead atoms. The van der Waals surface area contributed by atoms with Crippen LogP contribution in [-0.2, 0) is 12.0 Å². The zero-order chi connectivity index (χ0) is 21.2. The molecule has 2 unspecified atom stereocenters. The number of hydrazone groups is 1. The average molecular weight is 416 g/mol. The molecule has 3 aromatic rings. The highest BCUT2D eigenvalue weighted by molar-refractivity contribution is 5.85. The Bertz CT molecular complexity index is 1230. The maximum absolute atomic E-state index is 11.9. The molecular weight excluding hydrogens is 394 g/mol. The van der Waals surface area contributed by atoms with Crippen molar-refractivity contribution >= 4 is 17.2 Å². The van der Waals surface area contributed by atoms with Crippen molar-refractivity contribution in [3.05, 3.63) is 77.6 Å². The molecule has 6 rings (SSSR count). The summed E-state index contributed by atoms with van der Waals surface area (Å²) in [6, 6.07) is 15.7. The van der Waals surface area contributed by atoms with Gasteiger partial charge in [-0.2, -0.15) is 0 Å². The van der Waals surface area contributed by atoms with E-state index >= 15 is 0 Å². The Morgan fingerprint density at radius 1 is 1.13 bits per heavy atom. The third-order valence-electron chi connectivity index (χ3n) is 6.51. The Balaban J connectivity index is 1.57. The standard InChI is InChI=1S/C23H21N5O3/c24-21-10-23(16-8-19-20(31-13-30-19)9-18(16)28(21)25)15-5-1-2-6-17(15)27(22(23)29)12-14-4-3-7-26-11-14/h1-9,11,22,24,29H,10,12-13,25H2/p+1. The smallest absolute Gasteiger partial charge is 0.272 e. The van der Waals surface area contributed by atoms with Crippen LogP contribution in [0.5, 0.6) is 11.5 Å². The second-order valence-corrected chi connectivity index (χ2v) is 8.11. The number of para-hydroxylation sites is 1. The van der Waals surface area contributed by atoms with Gasteiger partial charge in [-0.15, -0.1) is 4.68 Å². The first-order chi connectivity index (χ1) is 15.1. The Morgan fingerprint density at radius 3 is 2.74 bits per heavy atom. The van der Waals surface area contributed by atoms with Gasteiger partial charge in [0, 0.05) is 36.3 Å². The fourth-order valence-electron chi connectivity index (χ4n) is 5.08. The molecule has 0 saturated carbocycles. The Labute approximate surface area is 178 Å². The number of rotatable bonds is 2. The molecule has 2 aromatic carbocycles. The number of amidine groups is 1. The van der Waals surface area contributed by atoms with Crippen molar-refractivity contribution in [1.82, 2.24) is 4.98 Å². The van der Waals surface area contributed by atoms with Crippen molar-refractivity contribution < 1.29 is 19.3 Å². The molecule has 0 fully saturated rings. The lowest BCUT2D eigenvalue weighted by Gasteiger charge is -2.38. The van der Waals surface area contributed by atoms with Crippen molar-refractivity contribution in [1.29, 1.82) is 0 Å². The van der Waals surface area contributed by atoms with Gasteiger partial charge >= 0.3 is 0 Å². The molecule has 0 amide bonds. The second-order valence-electron chi connectivity index (χ2n) is 8.11. The Hall–Kier alpha value is -3.78. The molecule has 1 aromatic heterocycles. The van der Waals surface area contributed by atoms with Crippen molar-refractivity contribution in [2.45, 2.75) is 24.6 Å². The largest absolute Gasteiger partial charge is 0.454 e. The SMILES string of the molecule is NC1=[N+](N)c2cc3c(cc2C2(C1)c1ccccc1N(Cc1cccnc1)C2O)OCO3. The fourth-order valence-corrected chi connectivity index (χ4v) is 5.08. The lowest BCUT2D eigenvalue weighted by molar-refractivity contribution is -0.458. The van der Waals surface area contributed by atoms with Crippen LogP contribution in [0.25, 0.3) is 0 Å². The number of aliphatic hydroxyl groups excluding tert-OH is 1. The first kappa shape index (κ1) is 18.0. The summed E-state index contributed by atoms with van der Waals surface area (Å²) in [7, 11) is 0. The van der Waals surface area contributed by atoms with E-state index in [-0.39, 0.29) is 6.79 Å². The van der Waals surface area contributed by atoms with Crippen LogP contribution in [0, 0.1) is 0 Å². The molecule has 5 N–H and O–H groups in total. The molecule has 0 saturated heterocycles. The number of pyridine rings is 1. The molecule has 3 aliphatic heterocycles. The Morgan fingerprint density at radius 2 is 1.94 bits per heavy atom. The number of ether oxygens (including phenoxy) is 2. The maximum Gasteiger partial charge on any atom is 0.272 e. The summed E-state index contributed by atoms with van der Waals surface area (Å²) in [4.78, 5) is 6.22. The highest BCUT2D eigenvalue weighted by Gasteiger charge is 2.57. The van der Waals surface area contributed by atoms with E-state index in [1.165, 1.54) is 4.68 Å². The van der Waals surface area contributed by atoms with Gasteiger partial charge in [0.1, 0.15) is 6.23 Å². The fraction of sp³-hybridized carbons (Fsp3) is 0.217. The Kier molecular flexibility index (Phi) is 3.70. The number of benzene rings is 2. The third kappa shape index (κ3) is 2.39. The molecule has 2 atom stereocenters. The van der Waals surface area contributed by atoms with E-state index in [2.05, 4.69) is 11.1 Å². The lowest BCUT2D eigenvalue weighted by atomic mass is 9.69. The van der Waals surface area contributed by atoms with Gasteiger partial charge in [-0.05, 0) is 29.3 Å². The molecule has 0 radical (unpaired) electrons. The van der Waals surface area contributed by atoms with Crippen LogP contribution in [0.4, 0.5) is 11.4 Å². The van der Waals surface area contributed by atoms with Crippen LogP contribution in [0.15, 0.2) is 60.9 Å². The van der Waals surface area contributed by atoms with Crippen LogP contribution in [-0.4, -0.2) is 33.6 Å². The van der Waals surface area contributed by atoms with E-state index in [1.54, 1.807) is 6.20 Å². The predicted octanol–water partition coefficient (Wildman–Crippen LogP) is 1.71. The van der Waals surface area contributed by atoms with E-state index < -0.39 is 11.6 Å². The van der Waals surface area contributed by atoms with Crippen LogP contribution in [0.1, 0.15) is 23.1 Å². The van der Waals surface area contributed by atoms with E-state index in [1.807, 2.05) is 53.6 Å². The third-order valence-corrected chi connectivity index (χ3v) is 6.51. The zero-order valence-electron chi connectivity index (χ0n) is 16.7.